The first-order chi connectivity index (χ1) is 21.0. The lowest BCUT2D eigenvalue weighted by Crippen LogP contribution is -2.54. The van der Waals surface area contributed by atoms with E-state index in [1.54, 1.807) is 6.07 Å². The van der Waals surface area contributed by atoms with Crippen LogP contribution in [0.5, 0.6) is 46.0 Å². The van der Waals surface area contributed by atoms with Gasteiger partial charge in [-0.3, -0.25) is 10.1 Å². The molecular weight excluding hydrogens is 574 g/mol. The van der Waals surface area contributed by atoms with Crippen molar-refractivity contribution in [2.75, 3.05) is 0 Å². The number of phenols is 5. The highest BCUT2D eigenvalue weighted by molar-refractivity contribution is 5.66. The predicted molar refractivity (Wildman–Crippen MR) is 152 cm³/mol. The van der Waals surface area contributed by atoms with Crippen molar-refractivity contribution in [1.82, 2.24) is 0 Å². The van der Waals surface area contributed by atoms with Gasteiger partial charge >= 0.3 is 0 Å². The van der Waals surface area contributed by atoms with Crippen molar-refractivity contribution in [3.8, 4) is 46.0 Å². The third-order valence-corrected chi connectivity index (χ3v) is 8.78. The number of aliphatic hydroxyl groups is 1. The van der Waals surface area contributed by atoms with Crippen LogP contribution in [-0.4, -0.2) is 41.7 Å². The zero-order chi connectivity index (χ0) is 31.1. The molecule has 0 spiro atoms. The van der Waals surface area contributed by atoms with E-state index in [4.69, 9.17) is 14.2 Å². The van der Waals surface area contributed by atoms with Crippen LogP contribution in [0.4, 0.5) is 5.69 Å². The maximum atomic E-state index is 11.8. The fraction of sp³-hybridized carbons (Fsp3) is 0.250. The number of ether oxygens (including phenoxy) is 3. The predicted octanol–water partition coefficient (Wildman–Crippen LogP) is 4.96. The molecule has 12 nitrogen and oxygen atoms in total. The van der Waals surface area contributed by atoms with Crippen LogP contribution >= 0.6 is 0 Å². The smallest absolute Gasteiger partial charge is 0.281 e. The lowest BCUT2D eigenvalue weighted by atomic mass is 9.68. The molecule has 0 radical (unpaired) electrons. The molecule has 7 rings (SSSR count). The van der Waals surface area contributed by atoms with Crippen molar-refractivity contribution in [1.29, 1.82) is 0 Å². The van der Waals surface area contributed by atoms with Gasteiger partial charge < -0.3 is 44.8 Å². The highest BCUT2D eigenvalue weighted by atomic mass is 16.7. The van der Waals surface area contributed by atoms with E-state index < -0.39 is 46.3 Å². The molecule has 0 aliphatic carbocycles. The van der Waals surface area contributed by atoms with E-state index >= 15 is 0 Å². The number of nitrogens with zero attached hydrogens (tertiary/aromatic N) is 1. The second-order valence-corrected chi connectivity index (χ2v) is 11.2. The van der Waals surface area contributed by atoms with Crippen LogP contribution < -0.4 is 14.2 Å². The summed E-state index contributed by atoms with van der Waals surface area (Å²) >= 11 is 0. The molecule has 3 aliphatic heterocycles. The van der Waals surface area contributed by atoms with Crippen LogP contribution in [0.15, 0.2) is 60.7 Å². The number of phenolic OH excluding ortho intramolecular Hbond substituents is 5. The number of hydrogen-bond donors (Lipinski definition) is 6. The van der Waals surface area contributed by atoms with Crippen molar-refractivity contribution in [3.05, 3.63) is 98.6 Å². The van der Waals surface area contributed by atoms with E-state index in [0.717, 1.165) is 0 Å². The molecular formula is C32H27NO11. The van der Waals surface area contributed by atoms with Gasteiger partial charge in [0, 0.05) is 52.8 Å². The Bertz CT molecular complexity index is 1860. The minimum atomic E-state index is -1.59. The molecule has 3 heterocycles. The molecule has 5 atom stereocenters. The molecule has 4 aromatic rings. The van der Waals surface area contributed by atoms with E-state index in [1.807, 2.05) is 6.92 Å². The Hall–Kier alpha value is -5.36. The molecule has 4 aromatic carbocycles. The lowest BCUT2D eigenvalue weighted by molar-refractivity contribution is -0.385. The molecule has 12 heteroatoms. The minimum absolute atomic E-state index is 0.0282. The van der Waals surface area contributed by atoms with Crippen LogP contribution in [0.3, 0.4) is 0 Å². The first-order valence-electron chi connectivity index (χ1n) is 14.0. The highest BCUT2D eigenvalue weighted by Crippen LogP contribution is 2.64. The number of nitro benzene ring substituents is 1. The van der Waals surface area contributed by atoms with Gasteiger partial charge in [0.1, 0.15) is 29.1 Å². The maximum absolute atomic E-state index is 11.8. The van der Waals surface area contributed by atoms with Crippen molar-refractivity contribution in [2.45, 2.75) is 43.7 Å². The summed E-state index contributed by atoms with van der Waals surface area (Å²) in [5, 5.41) is 74.5. The van der Waals surface area contributed by atoms with Gasteiger partial charge in [0.25, 0.3) is 11.5 Å². The first-order valence-corrected chi connectivity index (χ1v) is 14.0. The summed E-state index contributed by atoms with van der Waals surface area (Å²) in [5.41, 5.74) is 1.85. The van der Waals surface area contributed by atoms with Crippen LogP contribution in [-0.2, 0) is 12.2 Å². The van der Waals surface area contributed by atoms with E-state index in [1.165, 1.54) is 54.6 Å². The van der Waals surface area contributed by atoms with Crippen LogP contribution in [0.1, 0.15) is 53.2 Å². The average molecular weight is 602 g/mol. The van der Waals surface area contributed by atoms with Gasteiger partial charge in [-0.15, -0.1) is 0 Å². The Kier molecular flexibility index (Phi) is 5.98. The van der Waals surface area contributed by atoms with E-state index in [-0.39, 0.29) is 40.9 Å². The molecule has 0 fully saturated rings. The number of benzene rings is 4. The Morgan fingerprint density at radius 2 is 1.57 bits per heavy atom. The number of fused-ring (bicyclic) bond motifs is 8. The molecule has 6 N–H and O–H groups in total. The number of rotatable bonds is 4. The summed E-state index contributed by atoms with van der Waals surface area (Å²) in [6.07, 6.45) is -1.75. The SMILES string of the molecule is CCC1[C@@H]2c3cc([N+](=O)[O-])ccc3O[C@]1(c1ccc(O)c(O)c1)Oc1cc(O)c3c(c12)O[C@H](c1ccc(O)c(O)c1)[C@@H](O)C3. The van der Waals surface area contributed by atoms with Gasteiger partial charge in [0.15, 0.2) is 23.0 Å². The Balaban J connectivity index is 1.49. The molecule has 0 aromatic heterocycles. The molecule has 0 amide bonds. The third-order valence-electron chi connectivity index (χ3n) is 8.78. The second-order valence-electron chi connectivity index (χ2n) is 11.2. The van der Waals surface area contributed by atoms with Crippen molar-refractivity contribution in [3.63, 3.8) is 0 Å². The summed E-state index contributed by atoms with van der Waals surface area (Å²) < 4.78 is 19.6. The number of non-ortho nitro benzene ring substituents is 1. The third kappa shape index (κ3) is 3.87. The monoisotopic (exact) mass is 601 g/mol. The van der Waals surface area contributed by atoms with Crippen LogP contribution in [0.25, 0.3) is 0 Å². The van der Waals surface area contributed by atoms with Gasteiger partial charge in [0.2, 0.25) is 0 Å². The van der Waals surface area contributed by atoms with Crippen LogP contribution in [0, 0.1) is 16.0 Å². The Labute approximate surface area is 249 Å². The number of nitro groups is 1. The van der Waals surface area contributed by atoms with Gasteiger partial charge in [-0.1, -0.05) is 13.0 Å². The first kappa shape index (κ1) is 27.5. The summed E-state index contributed by atoms with van der Waals surface area (Å²) in [7, 11) is 0. The molecule has 0 saturated heterocycles. The number of hydrogen-bond acceptors (Lipinski definition) is 11. The molecule has 1 unspecified atom stereocenters. The number of aromatic hydroxyl groups is 5. The largest absolute Gasteiger partial charge is 0.507 e. The number of aliphatic hydroxyl groups excluding tert-OH is 1. The summed E-state index contributed by atoms with van der Waals surface area (Å²) in [5.74, 6) is -3.84. The van der Waals surface area contributed by atoms with E-state index in [9.17, 15) is 40.8 Å². The zero-order valence-electron chi connectivity index (χ0n) is 23.2. The van der Waals surface area contributed by atoms with Crippen molar-refractivity contribution in [2.24, 2.45) is 5.92 Å². The minimum Gasteiger partial charge on any atom is -0.507 e. The average Bonchev–Trinajstić information content (AvgIpc) is 2.99. The highest BCUT2D eigenvalue weighted by Gasteiger charge is 2.59. The summed E-state index contributed by atoms with van der Waals surface area (Å²) in [6, 6.07) is 13.9. The molecule has 0 saturated carbocycles. The summed E-state index contributed by atoms with van der Waals surface area (Å²) in [6.45, 7) is 1.90. The second kappa shape index (κ2) is 9.58. The standard InChI is InChI=1S/C32H27NO11/c1-2-19-28-18-11-16(33(40)41)5-8-26(18)43-32(19,15-4-7-21(35)24(38)10-15)44-27-13-22(36)17-12-25(39)30(42-31(17)29(27)28)14-3-6-20(34)23(37)9-14/h3-11,13,19,25,28,30,34-39H,2,12H2,1H3/t19?,25-,28-,30+,32+/m0/s1. The fourth-order valence-corrected chi connectivity index (χ4v) is 6.77. The molecule has 2 bridgehead atoms. The topological polar surface area (TPSA) is 192 Å². The maximum Gasteiger partial charge on any atom is 0.281 e. The Morgan fingerprint density at radius 1 is 0.864 bits per heavy atom. The molecule has 44 heavy (non-hydrogen) atoms. The zero-order valence-corrected chi connectivity index (χ0v) is 23.2. The van der Waals surface area contributed by atoms with Crippen LogP contribution in [0.2, 0.25) is 0 Å². The molecule has 226 valence electrons. The van der Waals surface area contributed by atoms with Crippen molar-refractivity contribution >= 4 is 5.69 Å². The van der Waals surface area contributed by atoms with Gasteiger partial charge in [-0.25, -0.2) is 0 Å². The van der Waals surface area contributed by atoms with Gasteiger partial charge in [-0.2, -0.15) is 0 Å². The van der Waals surface area contributed by atoms with E-state index in [2.05, 4.69) is 0 Å². The van der Waals surface area contributed by atoms with E-state index in [0.29, 0.717) is 40.0 Å². The van der Waals surface area contributed by atoms with Gasteiger partial charge in [0.05, 0.1) is 16.9 Å². The fourth-order valence-electron chi connectivity index (χ4n) is 6.77. The van der Waals surface area contributed by atoms with Gasteiger partial charge in [-0.05, 0) is 48.4 Å². The molecule has 3 aliphatic rings. The lowest BCUT2D eigenvalue weighted by Gasteiger charge is -2.52. The quantitative estimate of drug-likeness (QED) is 0.105. The normalized spacial score (nSPS) is 24.5. The Morgan fingerprint density at radius 3 is 2.25 bits per heavy atom. The summed E-state index contributed by atoms with van der Waals surface area (Å²) in [4.78, 5) is 11.3. The van der Waals surface area contributed by atoms with Crippen molar-refractivity contribution < 1.29 is 49.8 Å².